The monoisotopic (exact) mass is 260 g/mol. The molecule has 0 aliphatic carbocycles. The summed E-state index contributed by atoms with van der Waals surface area (Å²) in [5.41, 5.74) is 0.480. The van der Waals surface area contributed by atoms with Gasteiger partial charge in [0.25, 0.3) is 5.56 Å². The topological polar surface area (TPSA) is 71.2 Å². The minimum Gasteiger partial charge on any atom is -0.392 e. The van der Waals surface area contributed by atoms with E-state index in [2.05, 4.69) is 10.3 Å². The van der Waals surface area contributed by atoms with Gasteiger partial charge in [-0.3, -0.25) is 9.69 Å². The first-order valence-corrected chi connectivity index (χ1v) is 6.47. The zero-order valence-corrected chi connectivity index (χ0v) is 10.6. The SMILES string of the molecule is O=c1c2ccccc2nnn1CN1CCCC(O)C1. The number of aliphatic hydroxyl groups excluding tert-OH is 1. The highest BCUT2D eigenvalue weighted by molar-refractivity contribution is 5.76. The fraction of sp³-hybridized carbons (Fsp3) is 0.462. The summed E-state index contributed by atoms with van der Waals surface area (Å²) in [7, 11) is 0. The van der Waals surface area contributed by atoms with Crippen LogP contribution in [0.4, 0.5) is 0 Å². The van der Waals surface area contributed by atoms with Crippen molar-refractivity contribution in [2.24, 2.45) is 0 Å². The minimum atomic E-state index is -0.308. The highest BCUT2D eigenvalue weighted by Crippen LogP contribution is 2.10. The lowest BCUT2D eigenvalue weighted by atomic mass is 10.1. The van der Waals surface area contributed by atoms with Gasteiger partial charge in [0.2, 0.25) is 0 Å². The molecule has 0 bridgehead atoms. The Morgan fingerprint density at radius 2 is 2.21 bits per heavy atom. The number of benzene rings is 1. The Hall–Kier alpha value is -1.79. The van der Waals surface area contributed by atoms with Gasteiger partial charge in [-0.25, -0.2) is 0 Å². The first-order valence-electron chi connectivity index (χ1n) is 6.47. The molecule has 1 aromatic carbocycles. The molecule has 1 fully saturated rings. The van der Waals surface area contributed by atoms with Crippen molar-refractivity contribution in [1.82, 2.24) is 19.9 Å². The van der Waals surface area contributed by atoms with E-state index < -0.39 is 0 Å². The normalized spacial score (nSPS) is 20.8. The average molecular weight is 260 g/mol. The number of hydrogen-bond acceptors (Lipinski definition) is 5. The van der Waals surface area contributed by atoms with E-state index in [1.165, 1.54) is 4.68 Å². The van der Waals surface area contributed by atoms with Gasteiger partial charge >= 0.3 is 0 Å². The smallest absolute Gasteiger partial charge is 0.278 e. The summed E-state index contributed by atoms with van der Waals surface area (Å²) in [5.74, 6) is 0. The summed E-state index contributed by atoms with van der Waals surface area (Å²) in [6.45, 7) is 1.84. The van der Waals surface area contributed by atoms with Crippen molar-refractivity contribution in [2.75, 3.05) is 13.1 Å². The standard InChI is InChI=1S/C13H16N4O2/c18-10-4-3-7-16(8-10)9-17-13(19)11-5-1-2-6-12(11)14-15-17/h1-2,5-6,10,18H,3-4,7-9H2. The van der Waals surface area contributed by atoms with Crippen molar-refractivity contribution in [2.45, 2.75) is 25.6 Å². The predicted molar refractivity (Wildman–Crippen MR) is 70.6 cm³/mol. The predicted octanol–water partition coefficient (Wildman–Crippen LogP) is 0.206. The number of hydrogen-bond donors (Lipinski definition) is 1. The van der Waals surface area contributed by atoms with Crippen molar-refractivity contribution < 1.29 is 5.11 Å². The maximum Gasteiger partial charge on any atom is 0.278 e. The second-order valence-electron chi connectivity index (χ2n) is 4.93. The highest BCUT2D eigenvalue weighted by atomic mass is 16.3. The molecule has 19 heavy (non-hydrogen) atoms. The number of aliphatic hydroxyl groups is 1. The van der Waals surface area contributed by atoms with Crippen LogP contribution < -0.4 is 5.56 Å². The third kappa shape index (κ3) is 2.50. The molecule has 1 aromatic heterocycles. The van der Waals surface area contributed by atoms with Crippen molar-refractivity contribution in [3.05, 3.63) is 34.6 Å². The van der Waals surface area contributed by atoms with Crippen LogP contribution in [0.1, 0.15) is 12.8 Å². The number of nitrogens with zero attached hydrogens (tertiary/aromatic N) is 4. The zero-order chi connectivity index (χ0) is 13.2. The molecule has 6 nitrogen and oxygen atoms in total. The van der Waals surface area contributed by atoms with Crippen LogP contribution in [0.25, 0.3) is 10.9 Å². The van der Waals surface area contributed by atoms with Crippen LogP contribution in [0.2, 0.25) is 0 Å². The molecule has 0 radical (unpaired) electrons. The number of piperidine rings is 1. The summed E-state index contributed by atoms with van der Waals surface area (Å²) < 4.78 is 1.36. The largest absolute Gasteiger partial charge is 0.392 e. The number of aromatic nitrogens is 3. The van der Waals surface area contributed by atoms with E-state index in [0.717, 1.165) is 19.4 Å². The van der Waals surface area contributed by atoms with Gasteiger partial charge in [0.15, 0.2) is 0 Å². The summed E-state index contributed by atoms with van der Waals surface area (Å²) in [4.78, 5) is 14.3. The fourth-order valence-corrected chi connectivity index (χ4v) is 2.47. The van der Waals surface area contributed by atoms with E-state index in [1.807, 2.05) is 17.0 Å². The van der Waals surface area contributed by atoms with Crippen LogP contribution in [0.15, 0.2) is 29.1 Å². The molecule has 100 valence electrons. The lowest BCUT2D eigenvalue weighted by Gasteiger charge is -2.29. The highest BCUT2D eigenvalue weighted by Gasteiger charge is 2.18. The van der Waals surface area contributed by atoms with Gasteiger partial charge in [-0.1, -0.05) is 17.3 Å². The Bertz CT molecular complexity index is 640. The molecule has 0 saturated carbocycles. The number of β-amino-alcohol motifs (C(OH)–C–C–N with tert-alkyl or cyclic N) is 1. The van der Waals surface area contributed by atoms with Crippen LogP contribution in [-0.2, 0) is 6.67 Å². The molecule has 6 heteroatoms. The van der Waals surface area contributed by atoms with E-state index in [4.69, 9.17) is 0 Å². The fourth-order valence-electron chi connectivity index (χ4n) is 2.47. The van der Waals surface area contributed by atoms with Gasteiger partial charge in [-0.05, 0) is 25.0 Å². The first kappa shape index (κ1) is 12.3. The van der Waals surface area contributed by atoms with Gasteiger partial charge in [0, 0.05) is 13.1 Å². The maximum atomic E-state index is 12.3. The summed E-state index contributed by atoms with van der Waals surface area (Å²) in [6, 6.07) is 7.19. The average Bonchev–Trinajstić information content (AvgIpc) is 2.42. The van der Waals surface area contributed by atoms with Gasteiger partial charge in [0.1, 0.15) is 5.52 Å². The Kier molecular flexibility index (Phi) is 3.27. The van der Waals surface area contributed by atoms with E-state index in [1.54, 1.807) is 12.1 Å². The third-order valence-electron chi connectivity index (χ3n) is 3.44. The van der Waals surface area contributed by atoms with Gasteiger partial charge in [0.05, 0.1) is 18.2 Å². The molecular weight excluding hydrogens is 244 g/mol. The first-order chi connectivity index (χ1) is 9.24. The third-order valence-corrected chi connectivity index (χ3v) is 3.44. The molecule has 3 rings (SSSR count). The summed E-state index contributed by atoms with van der Waals surface area (Å²) in [5, 5.41) is 18.2. The van der Waals surface area contributed by atoms with Crippen LogP contribution >= 0.6 is 0 Å². The van der Waals surface area contributed by atoms with E-state index in [-0.39, 0.29) is 11.7 Å². The lowest BCUT2D eigenvalue weighted by molar-refractivity contribution is 0.0501. The quantitative estimate of drug-likeness (QED) is 0.835. The summed E-state index contributed by atoms with van der Waals surface area (Å²) in [6.07, 6.45) is 1.46. The molecule has 0 amide bonds. The molecule has 1 unspecified atom stereocenters. The molecule has 2 aromatic rings. The van der Waals surface area contributed by atoms with Crippen molar-refractivity contribution in [3.63, 3.8) is 0 Å². The van der Waals surface area contributed by atoms with Crippen LogP contribution in [0.5, 0.6) is 0 Å². The molecule has 1 atom stereocenters. The number of rotatable bonds is 2. The van der Waals surface area contributed by atoms with Gasteiger partial charge in [-0.2, -0.15) is 4.68 Å². The van der Waals surface area contributed by atoms with Gasteiger partial charge < -0.3 is 5.11 Å². The van der Waals surface area contributed by atoms with Crippen molar-refractivity contribution in [1.29, 1.82) is 0 Å². The van der Waals surface area contributed by atoms with E-state index >= 15 is 0 Å². The Balaban J connectivity index is 1.89. The Morgan fingerprint density at radius 3 is 3.05 bits per heavy atom. The van der Waals surface area contributed by atoms with Crippen molar-refractivity contribution >= 4 is 10.9 Å². The second-order valence-corrected chi connectivity index (χ2v) is 4.93. The van der Waals surface area contributed by atoms with Crippen LogP contribution in [-0.4, -0.2) is 44.2 Å². The van der Waals surface area contributed by atoms with Crippen LogP contribution in [0, 0.1) is 0 Å². The molecule has 1 N–H and O–H groups in total. The Morgan fingerprint density at radius 1 is 1.37 bits per heavy atom. The number of likely N-dealkylation sites (tertiary alicyclic amines) is 1. The molecule has 1 aliphatic rings. The lowest BCUT2D eigenvalue weighted by Crippen LogP contribution is -2.42. The molecular formula is C13H16N4O2. The Labute approximate surface area is 110 Å². The van der Waals surface area contributed by atoms with Crippen molar-refractivity contribution in [3.8, 4) is 0 Å². The van der Waals surface area contributed by atoms with E-state index in [0.29, 0.717) is 24.1 Å². The van der Waals surface area contributed by atoms with Crippen LogP contribution in [0.3, 0.4) is 0 Å². The minimum absolute atomic E-state index is 0.134. The molecule has 1 saturated heterocycles. The van der Waals surface area contributed by atoms with Gasteiger partial charge in [-0.15, -0.1) is 5.10 Å². The zero-order valence-electron chi connectivity index (χ0n) is 10.6. The van der Waals surface area contributed by atoms with E-state index in [9.17, 15) is 9.90 Å². The molecule has 2 heterocycles. The summed E-state index contributed by atoms with van der Waals surface area (Å²) >= 11 is 0. The maximum absolute atomic E-state index is 12.3. The molecule has 0 spiro atoms. The number of fused-ring (bicyclic) bond motifs is 1. The molecule has 1 aliphatic heterocycles. The second kappa shape index (κ2) is 5.07.